The van der Waals surface area contributed by atoms with E-state index in [-0.39, 0.29) is 5.91 Å². The number of anilines is 1. The lowest BCUT2D eigenvalue weighted by Crippen LogP contribution is -2.14. The maximum atomic E-state index is 12.3. The number of nitrogens with one attached hydrogen (secondary N) is 1. The van der Waals surface area contributed by atoms with E-state index in [1.165, 1.54) is 22.9 Å². The van der Waals surface area contributed by atoms with Crippen LogP contribution in [0.3, 0.4) is 0 Å². The number of para-hydroxylation sites is 2. The summed E-state index contributed by atoms with van der Waals surface area (Å²) in [7, 11) is 1.59. The van der Waals surface area contributed by atoms with Gasteiger partial charge in [-0.3, -0.25) is 4.79 Å². The number of ether oxygens (including phenoxy) is 1. The zero-order valence-electron chi connectivity index (χ0n) is 15.4. The fraction of sp³-hybridized carbons (Fsp3) is 0.238. The van der Waals surface area contributed by atoms with Gasteiger partial charge in [0.25, 0.3) is 0 Å². The predicted octanol–water partition coefficient (Wildman–Crippen LogP) is 4.90. The molecule has 0 saturated heterocycles. The fourth-order valence-electron chi connectivity index (χ4n) is 2.93. The average Bonchev–Trinajstić information content (AvgIpc) is 2.61. The van der Waals surface area contributed by atoms with Gasteiger partial charge in [0.1, 0.15) is 10.8 Å². The number of carbonyl (C=O) groups excluding carboxylic acids is 1. The minimum Gasteiger partial charge on any atom is -0.495 e. The second-order valence-corrected chi connectivity index (χ2v) is 7.26. The standard InChI is InChI=1S/C21H22N2O2S/c1-13-9-14(2)16-11-15(3)21(23-18(16)10-13)26-12-20(24)22-17-7-5-6-8-19(17)25-4/h5-11H,12H2,1-4H3,(H,22,24). The second kappa shape index (κ2) is 7.79. The third-order valence-electron chi connectivity index (χ3n) is 4.15. The van der Waals surface area contributed by atoms with E-state index >= 15 is 0 Å². The lowest BCUT2D eigenvalue weighted by Gasteiger charge is -2.11. The van der Waals surface area contributed by atoms with E-state index in [2.05, 4.69) is 37.4 Å². The molecule has 0 aliphatic carbocycles. The van der Waals surface area contributed by atoms with Crippen molar-refractivity contribution in [3.63, 3.8) is 0 Å². The van der Waals surface area contributed by atoms with Crippen molar-refractivity contribution in [1.29, 1.82) is 0 Å². The van der Waals surface area contributed by atoms with E-state index in [0.29, 0.717) is 17.2 Å². The van der Waals surface area contributed by atoms with Gasteiger partial charge in [0.2, 0.25) is 5.91 Å². The largest absolute Gasteiger partial charge is 0.495 e. The molecule has 2 aromatic carbocycles. The normalized spacial score (nSPS) is 10.8. The average molecular weight is 366 g/mol. The Morgan fingerprint density at radius 3 is 2.65 bits per heavy atom. The highest BCUT2D eigenvalue weighted by Gasteiger charge is 2.11. The van der Waals surface area contributed by atoms with Gasteiger partial charge in [0.05, 0.1) is 24.1 Å². The van der Waals surface area contributed by atoms with E-state index in [1.54, 1.807) is 7.11 Å². The first-order chi connectivity index (χ1) is 12.5. The van der Waals surface area contributed by atoms with Crippen LogP contribution >= 0.6 is 11.8 Å². The van der Waals surface area contributed by atoms with Crippen LogP contribution in [0, 0.1) is 20.8 Å². The Morgan fingerprint density at radius 2 is 1.88 bits per heavy atom. The second-order valence-electron chi connectivity index (χ2n) is 6.30. The third-order valence-corrected chi connectivity index (χ3v) is 5.24. The molecule has 3 aromatic rings. The molecule has 5 heteroatoms. The number of thioether (sulfide) groups is 1. The third kappa shape index (κ3) is 3.99. The van der Waals surface area contributed by atoms with Crippen molar-refractivity contribution in [2.75, 3.05) is 18.2 Å². The van der Waals surface area contributed by atoms with Gasteiger partial charge in [-0.05, 0) is 61.7 Å². The zero-order valence-corrected chi connectivity index (χ0v) is 16.2. The Balaban J connectivity index is 1.75. The first kappa shape index (κ1) is 18.3. The SMILES string of the molecule is COc1ccccc1NC(=O)CSc1nc2cc(C)cc(C)c2cc1C. The molecule has 1 heterocycles. The molecule has 1 aromatic heterocycles. The van der Waals surface area contributed by atoms with Gasteiger partial charge in [-0.1, -0.05) is 30.0 Å². The summed E-state index contributed by atoms with van der Waals surface area (Å²) >= 11 is 1.45. The number of fused-ring (bicyclic) bond motifs is 1. The molecule has 0 atom stereocenters. The molecule has 0 aliphatic heterocycles. The van der Waals surface area contributed by atoms with Crippen LogP contribution in [-0.4, -0.2) is 23.8 Å². The maximum Gasteiger partial charge on any atom is 0.234 e. The van der Waals surface area contributed by atoms with Crippen LogP contribution in [-0.2, 0) is 4.79 Å². The molecular weight excluding hydrogens is 344 g/mol. The molecular formula is C21H22N2O2S. The number of benzene rings is 2. The smallest absolute Gasteiger partial charge is 0.234 e. The number of hydrogen-bond acceptors (Lipinski definition) is 4. The number of pyridine rings is 1. The summed E-state index contributed by atoms with van der Waals surface area (Å²) < 4.78 is 5.26. The van der Waals surface area contributed by atoms with Gasteiger partial charge in [-0.2, -0.15) is 0 Å². The van der Waals surface area contributed by atoms with Crippen LogP contribution in [0.2, 0.25) is 0 Å². The Hall–Kier alpha value is -2.53. The lowest BCUT2D eigenvalue weighted by molar-refractivity contribution is -0.113. The first-order valence-electron chi connectivity index (χ1n) is 8.42. The highest BCUT2D eigenvalue weighted by molar-refractivity contribution is 8.00. The van der Waals surface area contributed by atoms with Gasteiger partial charge < -0.3 is 10.1 Å². The van der Waals surface area contributed by atoms with Gasteiger partial charge >= 0.3 is 0 Å². The summed E-state index contributed by atoms with van der Waals surface area (Å²) in [4.78, 5) is 17.1. The molecule has 0 unspecified atom stereocenters. The van der Waals surface area contributed by atoms with Crippen molar-refractivity contribution in [2.24, 2.45) is 0 Å². The Labute approximate surface area is 158 Å². The van der Waals surface area contributed by atoms with E-state index < -0.39 is 0 Å². The molecule has 0 bridgehead atoms. The van der Waals surface area contributed by atoms with Gasteiger partial charge in [0, 0.05) is 5.39 Å². The number of nitrogens with zero attached hydrogens (tertiary/aromatic N) is 1. The van der Waals surface area contributed by atoms with Crippen LogP contribution in [0.5, 0.6) is 5.75 Å². The first-order valence-corrected chi connectivity index (χ1v) is 9.41. The van der Waals surface area contributed by atoms with Crippen molar-refractivity contribution < 1.29 is 9.53 Å². The van der Waals surface area contributed by atoms with E-state index in [1.807, 2.05) is 31.2 Å². The summed E-state index contributed by atoms with van der Waals surface area (Å²) in [5.41, 5.74) is 5.15. The highest BCUT2D eigenvalue weighted by atomic mass is 32.2. The van der Waals surface area contributed by atoms with Crippen LogP contribution in [0.25, 0.3) is 10.9 Å². The molecule has 0 radical (unpaired) electrons. The van der Waals surface area contributed by atoms with E-state index in [4.69, 9.17) is 9.72 Å². The minimum atomic E-state index is -0.0822. The fourth-order valence-corrected chi connectivity index (χ4v) is 3.72. The quantitative estimate of drug-likeness (QED) is 0.653. The number of carbonyl (C=O) groups is 1. The number of hydrogen-bond donors (Lipinski definition) is 1. The summed E-state index contributed by atoms with van der Waals surface area (Å²) in [6.07, 6.45) is 0. The predicted molar refractivity (Wildman–Crippen MR) is 108 cm³/mol. The molecule has 1 amide bonds. The van der Waals surface area contributed by atoms with Crippen molar-refractivity contribution in [3.8, 4) is 5.75 Å². The molecule has 1 N–H and O–H groups in total. The van der Waals surface area contributed by atoms with Crippen molar-refractivity contribution >= 4 is 34.3 Å². The Morgan fingerprint density at radius 1 is 1.12 bits per heavy atom. The van der Waals surface area contributed by atoms with Crippen molar-refractivity contribution in [2.45, 2.75) is 25.8 Å². The van der Waals surface area contributed by atoms with Crippen molar-refractivity contribution in [1.82, 2.24) is 4.98 Å². The molecule has 3 rings (SSSR count). The number of amides is 1. The van der Waals surface area contributed by atoms with Crippen LogP contribution in [0.15, 0.2) is 47.5 Å². The summed E-state index contributed by atoms with van der Waals surface area (Å²) in [6, 6.07) is 13.8. The Kier molecular flexibility index (Phi) is 5.47. The molecule has 134 valence electrons. The van der Waals surface area contributed by atoms with Crippen molar-refractivity contribution in [3.05, 3.63) is 59.2 Å². The van der Waals surface area contributed by atoms with Gasteiger partial charge in [0.15, 0.2) is 0 Å². The van der Waals surface area contributed by atoms with Gasteiger partial charge in [-0.25, -0.2) is 4.98 Å². The summed E-state index contributed by atoms with van der Waals surface area (Å²) in [6.45, 7) is 6.21. The monoisotopic (exact) mass is 366 g/mol. The minimum absolute atomic E-state index is 0.0822. The molecule has 0 saturated carbocycles. The molecule has 26 heavy (non-hydrogen) atoms. The number of methoxy groups -OCH3 is 1. The lowest BCUT2D eigenvalue weighted by atomic mass is 10.1. The zero-order chi connectivity index (χ0) is 18.7. The number of aryl methyl sites for hydroxylation is 3. The summed E-state index contributed by atoms with van der Waals surface area (Å²) in [5, 5.41) is 4.94. The van der Waals surface area contributed by atoms with Gasteiger partial charge in [-0.15, -0.1) is 0 Å². The summed E-state index contributed by atoms with van der Waals surface area (Å²) in [5.74, 6) is 0.861. The van der Waals surface area contributed by atoms with E-state index in [9.17, 15) is 4.79 Å². The number of rotatable bonds is 5. The topological polar surface area (TPSA) is 51.2 Å². The molecule has 0 spiro atoms. The van der Waals surface area contributed by atoms with Crippen LogP contribution in [0.1, 0.15) is 16.7 Å². The molecule has 0 fully saturated rings. The highest BCUT2D eigenvalue weighted by Crippen LogP contribution is 2.28. The Bertz CT molecular complexity index is 970. The maximum absolute atomic E-state index is 12.3. The van der Waals surface area contributed by atoms with E-state index in [0.717, 1.165) is 21.5 Å². The number of aromatic nitrogens is 1. The molecule has 4 nitrogen and oxygen atoms in total. The van der Waals surface area contributed by atoms with Crippen LogP contribution < -0.4 is 10.1 Å². The molecule has 0 aliphatic rings. The van der Waals surface area contributed by atoms with Crippen LogP contribution in [0.4, 0.5) is 5.69 Å².